The van der Waals surface area contributed by atoms with Crippen molar-refractivity contribution in [1.29, 1.82) is 0 Å². The van der Waals surface area contributed by atoms with E-state index in [0.29, 0.717) is 38.4 Å². The Balaban J connectivity index is 2.11. The van der Waals surface area contributed by atoms with Gasteiger partial charge >= 0.3 is 0 Å². The minimum atomic E-state index is -1.41. The third-order valence-electron chi connectivity index (χ3n) is 3.86. The van der Waals surface area contributed by atoms with Gasteiger partial charge in [-0.05, 0) is 18.4 Å². The Morgan fingerprint density at radius 2 is 2.04 bits per heavy atom. The van der Waals surface area contributed by atoms with E-state index in [0.717, 1.165) is 5.56 Å². The predicted octanol–water partition coefficient (Wildman–Crippen LogP) is 2.44. The molecular weight excluding hydrogens is 296 g/mol. The Bertz CT molecular complexity index is 527. The molecule has 5 nitrogen and oxygen atoms in total. The molecule has 0 N–H and O–H groups in total. The molecule has 1 aromatic carbocycles. The molecule has 1 aliphatic heterocycles. The Morgan fingerprint density at radius 3 is 2.70 bits per heavy atom. The van der Waals surface area contributed by atoms with Gasteiger partial charge in [0, 0.05) is 13.5 Å². The average molecular weight is 318 g/mol. The summed E-state index contributed by atoms with van der Waals surface area (Å²) < 4.78 is 16.8. The molecule has 1 aliphatic rings. The molecule has 1 aromatic rings. The molecule has 23 heavy (non-hydrogen) atoms. The maximum Gasteiger partial charge on any atom is 0.226 e. The number of allylic oxidation sites excluding steroid dienone is 1. The fourth-order valence-corrected chi connectivity index (χ4v) is 2.47. The van der Waals surface area contributed by atoms with Gasteiger partial charge in [0.1, 0.15) is 6.10 Å². The van der Waals surface area contributed by atoms with E-state index in [1.165, 1.54) is 7.11 Å². The van der Waals surface area contributed by atoms with Crippen molar-refractivity contribution < 1.29 is 23.8 Å². The summed E-state index contributed by atoms with van der Waals surface area (Å²) >= 11 is 0. The van der Waals surface area contributed by atoms with Crippen LogP contribution in [0.25, 0.3) is 0 Å². The molecule has 3 atom stereocenters. The van der Waals surface area contributed by atoms with E-state index < -0.39 is 18.0 Å². The summed E-state index contributed by atoms with van der Waals surface area (Å²) in [6, 6.07) is 9.69. The monoisotopic (exact) mass is 318 g/mol. The van der Waals surface area contributed by atoms with Crippen LogP contribution in [0.1, 0.15) is 24.8 Å². The van der Waals surface area contributed by atoms with E-state index in [1.54, 1.807) is 0 Å². The predicted molar refractivity (Wildman–Crippen MR) is 84.8 cm³/mol. The number of carbonyl (C=O) groups is 2. The molecular formula is C18H22O5. The molecule has 0 fully saturated rings. The number of hydrogen-bond acceptors (Lipinski definition) is 5. The Kier molecular flexibility index (Phi) is 6.65. The number of benzene rings is 1. The summed E-state index contributed by atoms with van der Waals surface area (Å²) in [5, 5.41) is 0. The lowest BCUT2D eigenvalue weighted by Crippen LogP contribution is -2.45. The van der Waals surface area contributed by atoms with Crippen LogP contribution in [-0.2, 0) is 30.4 Å². The van der Waals surface area contributed by atoms with Gasteiger partial charge in [0.25, 0.3) is 0 Å². The first-order valence-electron chi connectivity index (χ1n) is 7.68. The second-order valence-corrected chi connectivity index (χ2v) is 5.43. The van der Waals surface area contributed by atoms with Gasteiger partial charge in [0.05, 0.1) is 12.7 Å². The van der Waals surface area contributed by atoms with Gasteiger partial charge in [-0.3, -0.25) is 4.79 Å². The fourth-order valence-electron chi connectivity index (χ4n) is 2.47. The van der Waals surface area contributed by atoms with Crippen LogP contribution in [0, 0.1) is 0 Å². The van der Waals surface area contributed by atoms with Crippen LogP contribution in [-0.4, -0.2) is 37.7 Å². The lowest BCUT2D eigenvalue weighted by atomic mass is 10.1. The van der Waals surface area contributed by atoms with Crippen molar-refractivity contribution >= 4 is 12.6 Å². The summed E-state index contributed by atoms with van der Waals surface area (Å²) in [7, 11) is 1.40. The SMILES string of the molecule is CO[C@]1(C=O)CC/C=C\C[C@H](OCc2ccccc2)[C@@H](C=O)O1. The van der Waals surface area contributed by atoms with Crippen LogP contribution < -0.4 is 0 Å². The maximum absolute atomic E-state index is 11.5. The normalized spacial score (nSPS) is 29.8. The summed E-state index contributed by atoms with van der Waals surface area (Å²) in [6.07, 6.45) is 5.36. The molecule has 124 valence electrons. The smallest absolute Gasteiger partial charge is 0.226 e. The van der Waals surface area contributed by atoms with Crippen LogP contribution >= 0.6 is 0 Å². The Hall–Kier alpha value is -1.82. The van der Waals surface area contributed by atoms with E-state index in [9.17, 15) is 9.59 Å². The third-order valence-corrected chi connectivity index (χ3v) is 3.86. The highest BCUT2D eigenvalue weighted by atomic mass is 16.7. The molecule has 0 saturated heterocycles. The first kappa shape index (κ1) is 17.5. The first-order chi connectivity index (χ1) is 11.2. The lowest BCUT2D eigenvalue weighted by Gasteiger charge is -2.31. The highest BCUT2D eigenvalue weighted by Gasteiger charge is 2.37. The molecule has 0 unspecified atom stereocenters. The largest absolute Gasteiger partial charge is 0.370 e. The van der Waals surface area contributed by atoms with E-state index in [4.69, 9.17) is 14.2 Å². The molecule has 0 spiro atoms. The fraction of sp³-hybridized carbons (Fsp3) is 0.444. The molecule has 2 rings (SSSR count). The van der Waals surface area contributed by atoms with Crippen LogP contribution in [0.5, 0.6) is 0 Å². The number of methoxy groups -OCH3 is 1. The molecule has 0 aliphatic carbocycles. The second kappa shape index (κ2) is 8.72. The zero-order valence-electron chi connectivity index (χ0n) is 13.2. The van der Waals surface area contributed by atoms with Crippen molar-refractivity contribution in [3.05, 3.63) is 48.0 Å². The van der Waals surface area contributed by atoms with Gasteiger partial charge < -0.3 is 19.0 Å². The first-order valence-corrected chi connectivity index (χ1v) is 7.68. The molecule has 5 heteroatoms. The van der Waals surface area contributed by atoms with Gasteiger partial charge in [-0.25, -0.2) is 0 Å². The zero-order chi connectivity index (χ0) is 16.5. The highest BCUT2D eigenvalue weighted by molar-refractivity contribution is 5.63. The zero-order valence-corrected chi connectivity index (χ0v) is 13.2. The number of hydrogen-bond donors (Lipinski definition) is 0. The minimum absolute atomic E-state index is 0.360. The summed E-state index contributed by atoms with van der Waals surface area (Å²) in [6.45, 7) is 0.369. The molecule has 0 aromatic heterocycles. The highest BCUT2D eigenvalue weighted by Crippen LogP contribution is 2.24. The van der Waals surface area contributed by atoms with E-state index in [-0.39, 0.29) is 0 Å². The van der Waals surface area contributed by atoms with Crippen molar-refractivity contribution in [3.8, 4) is 0 Å². The van der Waals surface area contributed by atoms with Crippen LogP contribution in [0.4, 0.5) is 0 Å². The van der Waals surface area contributed by atoms with E-state index in [2.05, 4.69) is 0 Å². The molecule has 0 saturated carbocycles. The van der Waals surface area contributed by atoms with Gasteiger partial charge in [-0.1, -0.05) is 42.5 Å². The molecule has 0 bridgehead atoms. The van der Waals surface area contributed by atoms with Crippen LogP contribution in [0.2, 0.25) is 0 Å². The number of carbonyl (C=O) groups excluding carboxylic acids is 2. The summed E-state index contributed by atoms with van der Waals surface area (Å²) in [5.41, 5.74) is 1.01. The van der Waals surface area contributed by atoms with Gasteiger partial charge in [0.15, 0.2) is 12.6 Å². The van der Waals surface area contributed by atoms with E-state index >= 15 is 0 Å². The van der Waals surface area contributed by atoms with Crippen molar-refractivity contribution in [3.63, 3.8) is 0 Å². The average Bonchev–Trinajstić information content (AvgIpc) is 2.70. The lowest BCUT2D eigenvalue weighted by molar-refractivity contribution is -0.239. The van der Waals surface area contributed by atoms with Gasteiger partial charge in [-0.2, -0.15) is 0 Å². The minimum Gasteiger partial charge on any atom is -0.370 e. The third kappa shape index (κ3) is 4.82. The van der Waals surface area contributed by atoms with Crippen molar-refractivity contribution in [2.24, 2.45) is 0 Å². The standard InChI is InChI=1S/C18H22O5/c1-21-18(14-20)11-7-3-6-10-16(17(12-19)23-18)22-13-15-8-4-2-5-9-15/h2-6,8-9,12,14,16-17H,7,10-11,13H2,1H3/b6-3-/t16-,17+,18+/m0/s1. The topological polar surface area (TPSA) is 61.8 Å². The second-order valence-electron chi connectivity index (χ2n) is 5.43. The number of rotatable bonds is 6. The van der Waals surface area contributed by atoms with Crippen molar-refractivity contribution in [2.75, 3.05) is 7.11 Å². The summed E-state index contributed by atoms with van der Waals surface area (Å²) in [4.78, 5) is 22.9. The maximum atomic E-state index is 11.5. The van der Waals surface area contributed by atoms with Crippen LogP contribution in [0.3, 0.4) is 0 Å². The molecule has 0 radical (unpaired) electrons. The molecule has 0 amide bonds. The van der Waals surface area contributed by atoms with E-state index in [1.807, 2.05) is 42.5 Å². The summed E-state index contributed by atoms with van der Waals surface area (Å²) in [5.74, 6) is -1.41. The Morgan fingerprint density at radius 1 is 1.26 bits per heavy atom. The van der Waals surface area contributed by atoms with Crippen LogP contribution in [0.15, 0.2) is 42.5 Å². The molecule has 1 heterocycles. The number of aldehydes is 2. The Labute approximate surface area is 136 Å². The quantitative estimate of drug-likeness (QED) is 0.595. The van der Waals surface area contributed by atoms with Gasteiger partial charge in [0.2, 0.25) is 5.79 Å². The van der Waals surface area contributed by atoms with Crippen molar-refractivity contribution in [2.45, 2.75) is 43.9 Å². The van der Waals surface area contributed by atoms with Crippen molar-refractivity contribution in [1.82, 2.24) is 0 Å². The number of ether oxygens (including phenoxy) is 3. The van der Waals surface area contributed by atoms with Gasteiger partial charge in [-0.15, -0.1) is 0 Å².